The lowest BCUT2D eigenvalue weighted by atomic mass is 9.98. The molecule has 0 saturated carbocycles. The number of ether oxygens (including phenoxy) is 1. The van der Waals surface area contributed by atoms with E-state index in [0.717, 1.165) is 12.8 Å². The fourth-order valence-electron chi connectivity index (χ4n) is 3.09. The van der Waals surface area contributed by atoms with Crippen LogP contribution in [-0.2, 0) is 0 Å². The molecule has 0 aliphatic carbocycles. The maximum atomic E-state index is 13.4. The number of amides is 1. The summed E-state index contributed by atoms with van der Waals surface area (Å²) in [6.07, 6.45) is 1.89. The van der Waals surface area contributed by atoms with E-state index in [1.807, 2.05) is 0 Å². The molecule has 3 rings (SSSR count). The largest absolute Gasteiger partial charge is 0.493 e. The summed E-state index contributed by atoms with van der Waals surface area (Å²) >= 11 is 0. The lowest BCUT2D eigenvalue weighted by Gasteiger charge is -2.32. The molecule has 5 heteroatoms. The van der Waals surface area contributed by atoms with Crippen LogP contribution in [-0.4, -0.2) is 30.5 Å². The average Bonchev–Trinajstić information content (AvgIpc) is 2.63. The Morgan fingerprint density at radius 2 is 1.96 bits per heavy atom. The summed E-state index contributed by atoms with van der Waals surface area (Å²) in [5, 5.41) is 0. The Labute approximate surface area is 146 Å². The van der Waals surface area contributed by atoms with Crippen molar-refractivity contribution in [2.45, 2.75) is 19.8 Å². The van der Waals surface area contributed by atoms with Gasteiger partial charge in [-0.05, 0) is 67.8 Å². The maximum absolute atomic E-state index is 13.4. The number of likely N-dealkylation sites (tertiary alicyclic amines) is 1. The summed E-state index contributed by atoms with van der Waals surface area (Å²) in [6, 6.07) is 10.4. The minimum Gasteiger partial charge on any atom is -0.493 e. The van der Waals surface area contributed by atoms with Crippen LogP contribution >= 0.6 is 0 Å². The van der Waals surface area contributed by atoms with Crippen LogP contribution < -0.4 is 4.74 Å². The highest BCUT2D eigenvalue weighted by atomic mass is 19.1. The minimum atomic E-state index is -0.305. The van der Waals surface area contributed by atoms with Crippen molar-refractivity contribution in [1.82, 2.24) is 4.90 Å². The highest BCUT2D eigenvalue weighted by Gasteiger charge is 2.25. The van der Waals surface area contributed by atoms with E-state index < -0.39 is 0 Å². The van der Waals surface area contributed by atoms with E-state index >= 15 is 0 Å². The zero-order valence-corrected chi connectivity index (χ0v) is 14.2. The lowest BCUT2D eigenvalue weighted by Crippen LogP contribution is -2.41. The zero-order chi connectivity index (χ0) is 17.8. The van der Waals surface area contributed by atoms with E-state index in [1.54, 1.807) is 30.0 Å². The van der Waals surface area contributed by atoms with E-state index in [9.17, 15) is 13.6 Å². The monoisotopic (exact) mass is 345 g/mol. The van der Waals surface area contributed by atoms with E-state index in [-0.39, 0.29) is 23.5 Å². The molecule has 0 spiro atoms. The molecule has 1 aliphatic heterocycles. The first-order chi connectivity index (χ1) is 12.0. The molecule has 1 saturated heterocycles. The van der Waals surface area contributed by atoms with Gasteiger partial charge in [-0.25, -0.2) is 8.78 Å². The number of carbonyl (C=O) groups is 1. The van der Waals surface area contributed by atoms with Crippen LogP contribution in [0.4, 0.5) is 8.78 Å². The van der Waals surface area contributed by atoms with Crippen molar-refractivity contribution in [2.75, 3.05) is 19.7 Å². The Bertz CT molecular complexity index is 746. The normalized spacial score (nSPS) is 17.4. The summed E-state index contributed by atoms with van der Waals surface area (Å²) in [5.41, 5.74) is 0.984. The van der Waals surface area contributed by atoms with Crippen molar-refractivity contribution in [2.24, 2.45) is 5.92 Å². The predicted molar refractivity (Wildman–Crippen MR) is 91.7 cm³/mol. The quantitative estimate of drug-likeness (QED) is 0.831. The van der Waals surface area contributed by atoms with Gasteiger partial charge in [0.1, 0.15) is 17.4 Å². The van der Waals surface area contributed by atoms with E-state index in [2.05, 4.69) is 0 Å². The van der Waals surface area contributed by atoms with Crippen molar-refractivity contribution in [3.63, 3.8) is 0 Å². The molecular formula is C20H21F2NO2. The smallest absolute Gasteiger partial charge is 0.253 e. The number of piperidine rings is 1. The molecule has 1 aliphatic rings. The minimum absolute atomic E-state index is 0.0745. The highest BCUT2D eigenvalue weighted by Crippen LogP contribution is 2.21. The lowest BCUT2D eigenvalue weighted by molar-refractivity contribution is 0.0633. The Hall–Kier alpha value is -2.43. The topological polar surface area (TPSA) is 29.5 Å². The Morgan fingerprint density at radius 1 is 1.20 bits per heavy atom. The van der Waals surface area contributed by atoms with Crippen LogP contribution in [0.25, 0.3) is 0 Å². The van der Waals surface area contributed by atoms with E-state index in [1.165, 1.54) is 24.3 Å². The van der Waals surface area contributed by atoms with Gasteiger partial charge in [-0.1, -0.05) is 0 Å². The number of rotatable bonds is 4. The predicted octanol–water partition coefficient (Wildman–Crippen LogP) is 4.20. The van der Waals surface area contributed by atoms with Crippen molar-refractivity contribution in [3.8, 4) is 5.75 Å². The fourth-order valence-corrected chi connectivity index (χ4v) is 3.09. The van der Waals surface area contributed by atoms with Crippen LogP contribution in [0.3, 0.4) is 0 Å². The first-order valence-electron chi connectivity index (χ1n) is 8.47. The van der Waals surface area contributed by atoms with Gasteiger partial charge in [0.05, 0.1) is 6.61 Å². The van der Waals surface area contributed by atoms with Crippen LogP contribution in [0.15, 0.2) is 42.5 Å². The number of hydrogen-bond acceptors (Lipinski definition) is 2. The third kappa shape index (κ3) is 4.35. The van der Waals surface area contributed by atoms with Crippen LogP contribution in [0.5, 0.6) is 5.75 Å². The molecule has 1 heterocycles. The molecule has 0 radical (unpaired) electrons. The molecule has 3 nitrogen and oxygen atoms in total. The zero-order valence-electron chi connectivity index (χ0n) is 14.2. The van der Waals surface area contributed by atoms with E-state index in [0.29, 0.717) is 36.6 Å². The van der Waals surface area contributed by atoms with Gasteiger partial charge in [-0.2, -0.15) is 0 Å². The van der Waals surface area contributed by atoms with Crippen LogP contribution in [0.2, 0.25) is 0 Å². The SMILES string of the molecule is Cc1cc(C(=O)N2CCCC(COc3ccc(F)cc3)C2)ccc1F. The Kier molecular flexibility index (Phi) is 5.31. The van der Waals surface area contributed by atoms with Gasteiger partial charge in [0.15, 0.2) is 0 Å². The van der Waals surface area contributed by atoms with Gasteiger partial charge < -0.3 is 9.64 Å². The van der Waals surface area contributed by atoms with Gasteiger partial charge in [0.25, 0.3) is 5.91 Å². The molecule has 1 amide bonds. The van der Waals surface area contributed by atoms with Crippen molar-refractivity contribution in [1.29, 1.82) is 0 Å². The number of benzene rings is 2. The molecule has 2 aromatic carbocycles. The average molecular weight is 345 g/mol. The van der Waals surface area contributed by atoms with Crippen molar-refractivity contribution in [3.05, 3.63) is 65.2 Å². The second kappa shape index (κ2) is 7.64. The molecule has 25 heavy (non-hydrogen) atoms. The first kappa shape index (κ1) is 17.4. The van der Waals surface area contributed by atoms with Gasteiger partial charge in [-0.15, -0.1) is 0 Å². The molecule has 0 bridgehead atoms. The highest BCUT2D eigenvalue weighted by molar-refractivity contribution is 5.94. The van der Waals surface area contributed by atoms with Gasteiger partial charge >= 0.3 is 0 Å². The second-order valence-corrected chi connectivity index (χ2v) is 6.49. The Morgan fingerprint density at radius 3 is 2.68 bits per heavy atom. The molecular weight excluding hydrogens is 324 g/mol. The summed E-state index contributed by atoms with van der Waals surface area (Å²) in [7, 11) is 0. The molecule has 2 aromatic rings. The number of carbonyl (C=O) groups excluding carboxylic acids is 1. The summed E-state index contributed by atoms with van der Waals surface area (Å²) in [4.78, 5) is 14.4. The summed E-state index contributed by atoms with van der Waals surface area (Å²) < 4.78 is 32.0. The fraction of sp³-hybridized carbons (Fsp3) is 0.350. The third-order valence-electron chi connectivity index (χ3n) is 4.51. The van der Waals surface area contributed by atoms with Crippen LogP contribution in [0.1, 0.15) is 28.8 Å². The molecule has 1 atom stereocenters. The Balaban J connectivity index is 1.59. The number of hydrogen-bond donors (Lipinski definition) is 0. The number of nitrogens with zero attached hydrogens (tertiary/aromatic N) is 1. The molecule has 132 valence electrons. The second-order valence-electron chi connectivity index (χ2n) is 6.49. The van der Waals surface area contributed by atoms with Gasteiger partial charge in [0, 0.05) is 24.6 Å². The van der Waals surface area contributed by atoms with Gasteiger partial charge in [0.2, 0.25) is 0 Å². The summed E-state index contributed by atoms with van der Waals surface area (Å²) in [5.74, 6) is 0.176. The third-order valence-corrected chi connectivity index (χ3v) is 4.51. The standard InChI is InChI=1S/C20H21F2NO2/c1-14-11-16(4-9-19(14)22)20(24)23-10-2-3-15(12-23)13-25-18-7-5-17(21)6-8-18/h4-9,11,15H,2-3,10,12-13H2,1H3. The van der Waals surface area contributed by atoms with Crippen molar-refractivity contribution < 1.29 is 18.3 Å². The molecule has 1 unspecified atom stereocenters. The molecule has 0 N–H and O–H groups in total. The number of aryl methyl sites for hydroxylation is 1. The van der Waals surface area contributed by atoms with E-state index in [4.69, 9.17) is 4.74 Å². The summed E-state index contributed by atoms with van der Waals surface area (Å²) in [6.45, 7) is 3.44. The first-order valence-corrected chi connectivity index (χ1v) is 8.47. The van der Waals surface area contributed by atoms with Crippen LogP contribution in [0, 0.1) is 24.5 Å². The van der Waals surface area contributed by atoms with Gasteiger partial charge in [-0.3, -0.25) is 4.79 Å². The molecule has 0 aromatic heterocycles. The maximum Gasteiger partial charge on any atom is 0.253 e. The molecule has 1 fully saturated rings. The van der Waals surface area contributed by atoms with Crippen molar-refractivity contribution >= 4 is 5.91 Å². The number of halogens is 2.